The molecule has 2 heterocycles. The van der Waals surface area contributed by atoms with Crippen LogP contribution in [-0.4, -0.2) is 36.6 Å². The van der Waals surface area contributed by atoms with E-state index >= 15 is 0 Å². The lowest BCUT2D eigenvalue weighted by molar-refractivity contribution is -0.120. The van der Waals surface area contributed by atoms with Crippen molar-refractivity contribution >= 4 is 19.0 Å². The van der Waals surface area contributed by atoms with Crippen LogP contribution >= 0.6 is 0 Å². The Hall–Kier alpha value is -2.84. The maximum Gasteiger partial charge on any atom is 0.547 e. The van der Waals surface area contributed by atoms with E-state index in [1.165, 1.54) is 11.1 Å². The van der Waals surface area contributed by atoms with Gasteiger partial charge >= 0.3 is 13.1 Å². The molecule has 0 radical (unpaired) electrons. The summed E-state index contributed by atoms with van der Waals surface area (Å²) in [6.45, 7) is 4.05. The SMILES string of the molecule is CCCCOC(=O)c1cccc2c1OB(O)[C@@H](NC(=O)Cc1ccc3c(c1)CNC3)C2. The number of fused-ring (bicyclic) bond motifs is 2. The minimum absolute atomic E-state index is 0.183. The summed E-state index contributed by atoms with van der Waals surface area (Å²) >= 11 is 0. The summed E-state index contributed by atoms with van der Waals surface area (Å²) in [5.74, 6) is -0.918. The molecule has 0 fully saturated rings. The topological polar surface area (TPSA) is 96.9 Å². The van der Waals surface area contributed by atoms with Crippen LogP contribution in [0.1, 0.15) is 52.4 Å². The van der Waals surface area contributed by atoms with Gasteiger partial charge in [-0.25, -0.2) is 4.79 Å². The number of rotatable bonds is 7. The standard InChI is InChI=1S/C23H27BN2O5/c1-2-3-9-30-23(28)19-6-4-5-16-12-20(24(29)31-22(16)19)26-21(27)11-15-7-8-17-13-25-14-18(17)10-15/h4-8,10,20,25,29H,2-3,9,11-14H2,1H3,(H,26,27)/t20-/m0/s1. The molecule has 0 aliphatic carbocycles. The molecule has 3 N–H and O–H groups in total. The summed E-state index contributed by atoms with van der Waals surface area (Å²) in [5, 5.41) is 16.6. The number of amides is 1. The fourth-order valence-electron chi connectivity index (χ4n) is 4.00. The molecule has 0 aromatic heterocycles. The Kier molecular flexibility index (Phi) is 6.58. The van der Waals surface area contributed by atoms with Crippen LogP contribution in [0.25, 0.3) is 0 Å². The molecule has 2 aromatic carbocycles. The highest BCUT2D eigenvalue weighted by molar-refractivity contribution is 6.47. The Morgan fingerprint density at radius 3 is 2.90 bits per heavy atom. The van der Waals surface area contributed by atoms with E-state index in [4.69, 9.17) is 9.39 Å². The number of nitrogens with one attached hydrogen (secondary N) is 2. The van der Waals surface area contributed by atoms with Gasteiger partial charge < -0.3 is 25.0 Å². The Labute approximate surface area is 182 Å². The molecule has 1 amide bonds. The molecule has 0 unspecified atom stereocenters. The quantitative estimate of drug-likeness (QED) is 0.359. The lowest BCUT2D eigenvalue weighted by Gasteiger charge is -2.29. The molecule has 7 nitrogen and oxygen atoms in total. The van der Waals surface area contributed by atoms with Crippen molar-refractivity contribution in [2.75, 3.05) is 6.61 Å². The van der Waals surface area contributed by atoms with Gasteiger partial charge in [0.15, 0.2) is 0 Å². The number of esters is 1. The third kappa shape index (κ3) is 4.91. The van der Waals surface area contributed by atoms with Crippen molar-refractivity contribution in [3.63, 3.8) is 0 Å². The van der Waals surface area contributed by atoms with Gasteiger partial charge in [-0.3, -0.25) is 4.79 Å². The van der Waals surface area contributed by atoms with E-state index < -0.39 is 19.0 Å². The molecular formula is C23H27BN2O5. The number of benzene rings is 2. The fraction of sp³-hybridized carbons (Fsp3) is 0.391. The molecule has 4 rings (SSSR count). The second-order valence-electron chi connectivity index (χ2n) is 8.05. The van der Waals surface area contributed by atoms with Crippen LogP contribution in [0.15, 0.2) is 36.4 Å². The summed E-state index contributed by atoms with van der Waals surface area (Å²) < 4.78 is 10.9. The average molecular weight is 422 g/mol. The van der Waals surface area contributed by atoms with Gasteiger partial charge in [-0.15, -0.1) is 0 Å². The number of hydrogen-bond acceptors (Lipinski definition) is 6. The van der Waals surface area contributed by atoms with Crippen molar-refractivity contribution in [1.82, 2.24) is 10.6 Å². The molecule has 162 valence electrons. The van der Waals surface area contributed by atoms with Crippen LogP contribution in [0.3, 0.4) is 0 Å². The molecule has 1 atom stereocenters. The van der Waals surface area contributed by atoms with Crippen LogP contribution in [0.2, 0.25) is 0 Å². The highest BCUT2D eigenvalue weighted by Crippen LogP contribution is 2.30. The molecule has 2 aliphatic rings. The second kappa shape index (κ2) is 9.53. The smallest absolute Gasteiger partial charge is 0.534 e. The first-order chi connectivity index (χ1) is 15.0. The number of carbonyl (C=O) groups excluding carboxylic acids is 2. The van der Waals surface area contributed by atoms with Gasteiger partial charge in [0.2, 0.25) is 5.91 Å². The van der Waals surface area contributed by atoms with Crippen molar-refractivity contribution < 1.29 is 24.0 Å². The summed E-state index contributed by atoms with van der Waals surface area (Å²) in [6.07, 6.45) is 2.32. The van der Waals surface area contributed by atoms with Crippen LogP contribution in [0, 0.1) is 0 Å². The fourth-order valence-corrected chi connectivity index (χ4v) is 4.00. The first-order valence-corrected chi connectivity index (χ1v) is 10.8. The zero-order valence-corrected chi connectivity index (χ0v) is 17.6. The first-order valence-electron chi connectivity index (χ1n) is 10.8. The Morgan fingerprint density at radius 1 is 1.23 bits per heavy atom. The van der Waals surface area contributed by atoms with Crippen LogP contribution in [0.5, 0.6) is 5.75 Å². The molecule has 31 heavy (non-hydrogen) atoms. The predicted molar refractivity (Wildman–Crippen MR) is 117 cm³/mol. The van der Waals surface area contributed by atoms with Crippen molar-refractivity contribution in [2.24, 2.45) is 0 Å². The van der Waals surface area contributed by atoms with Crippen LogP contribution in [-0.2, 0) is 35.5 Å². The summed E-state index contributed by atoms with van der Waals surface area (Å²) in [4.78, 5) is 25.0. The Morgan fingerprint density at radius 2 is 2.06 bits per heavy atom. The summed E-state index contributed by atoms with van der Waals surface area (Å²) in [6, 6.07) is 11.3. The lowest BCUT2D eigenvalue weighted by atomic mass is 9.72. The summed E-state index contributed by atoms with van der Waals surface area (Å²) in [7, 11) is -1.25. The minimum atomic E-state index is -1.25. The Balaban J connectivity index is 1.40. The van der Waals surface area contributed by atoms with Gasteiger partial charge in [0.1, 0.15) is 11.3 Å². The largest absolute Gasteiger partial charge is 0.547 e. The summed E-state index contributed by atoms with van der Waals surface area (Å²) in [5.41, 5.74) is 4.47. The van der Waals surface area contributed by atoms with E-state index in [-0.39, 0.29) is 12.3 Å². The van der Waals surface area contributed by atoms with Gasteiger partial charge in [0.25, 0.3) is 0 Å². The van der Waals surface area contributed by atoms with Crippen molar-refractivity contribution in [1.29, 1.82) is 0 Å². The zero-order valence-electron chi connectivity index (χ0n) is 17.6. The van der Waals surface area contributed by atoms with Gasteiger partial charge in [-0.1, -0.05) is 43.7 Å². The molecule has 0 bridgehead atoms. The average Bonchev–Trinajstić information content (AvgIpc) is 3.22. The number of hydrogen-bond donors (Lipinski definition) is 3. The van der Waals surface area contributed by atoms with Gasteiger partial charge in [-0.05, 0) is 41.2 Å². The van der Waals surface area contributed by atoms with Gasteiger partial charge in [-0.2, -0.15) is 0 Å². The molecule has 0 saturated carbocycles. The molecular weight excluding hydrogens is 395 g/mol. The number of unbranched alkanes of at least 4 members (excludes halogenated alkanes) is 1. The van der Waals surface area contributed by atoms with E-state index in [2.05, 4.69) is 16.7 Å². The van der Waals surface area contributed by atoms with E-state index in [0.717, 1.165) is 37.1 Å². The van der Waals surface area contributed by atoms with Gasteiger partial charge in [0, 0.05) is 13.1 Å². The molecule has 0 saturated heterocycles. The van der Waals surface area contributed by atoms with Gasteiger partial charge in [0.05, 0.1) is 19.0 Å². The molecule has 2 aromatic rings. The highest BCUT2D eigenvalue weighted by Gasteiger charge is 2.37. The van der Waals surface area contributed by atoms with E-state index in [1.54, 1.807) is 12.1 Å². The number of ether oxygens (including phenoxy) is 1. The number of carbonyl (C=O) groups is 2. The molecule has 2 aliphatic heterocycles. The predicted octanol–water partition coefficient (Wildman–Crippen LogP) is 1.93. The zero-order chi connectivity index (χ0) is 21.8. The third-order valence-electron chi connectivity index (χ3n) is 5.68. The Bertz CT molecular complexity index is 980. The molecule has 8 heteroatoms. The second-order valence-corrected chi connectivity index (χ2v) is 8.05. The van der Waals surface area contributed by atoms with E-state index in [1.807, 2.05) is 25.1 Å². The maximum absolute atomic E-state index is 12.6. The van der Waals surface area contributed by atoms with Crippen LogP contribution in [0.4, 0.5) is 0 Å². The third-order valence-corrected chi connectivity index (χ3v) is 5.68. The van der Waals surface area contributed by atoms with Crippen LogP contribution < -0.4 is 15.3 Å². The normalized spacial score (nSPS) is 16.8. The lowest BCUT2D eigenvalue weighted by Crippen LogP contribution is -2.53. The van der Waals surface area contributed by atoms with E-state index in [9.17, 15) is 14.6 Å². The first kappa shape index (κ1) is 21.4. The maximum atomic E-state index is 12.6. The minimum Gasteiger partial charge on any atom is -0.534 e. The number of para-hydroxylation sites is 1. The van der Waals surface area contributed by atoms with Crippen molar-refractivity contribution in [3.8, 4) is 5.75 Å². The van der Waals surface area contributed by atoms with Crippen molar-refractivity contribution in [3.05, 3.63) is 64.2 Å². The van der Waals surface area contributed by atoms with Crippen molar-refractivity contribution in [2.45, 2.75) is 51.6 Å². The monoisotopic (exact) mass is 422 g/mol. The van der Waals surface area contributed by atoms with E-state index in [0.29, 0.717) is 24.3 Å². The molecule has 0 spiro atoms. The highest BCUT2D eigenvalue weighted by atomic mass is 16.5.